The highest BCUT2D eigenvalue weighted by atomic mass is 35.5. The molecule has 1 heterocycles. The van der Waals surface area contributed by atoms with Crippen molar-refractivity contribution in [1.29, 1.82) is 0 Å². The Kier molecular flexibility index (Phi) is 3.52. The number of aliphatic hydroxyl groups excluding tert-OH is 1. The summed E-state index contributed by atoms with van der Waals surface area (Å²) >= 11 is 11.2. The summed E-state index contributed by atoms with van der Waals surface area (Å²) in [7, 11) is 0. The van der Waals surface area contributed by atoms with E-state index in [1.165, 1.54) is 6.20 Å². The van der Waals surface area contributed by atoms with Crippen molar-refractivity contribution >= 4 is 29.0 Å². The molecule has 6 heteroatoms. The van der Waals surface area contributed by atoms with Crippen molar-refractivity contribution in [3.63, 3.8) is 0 Å². The second-order valence-electron chi connectivity index (χ2n) is 1.99. The second-order valence-corrected chi connectivity index (χ2v) is 2.73. The summed E-state index contributed by atoms with van der Waals surface area (Å²) in [4.78, 5) is 7.48. The first-order valence-corrected chi connectivity index (χ1v) is 4.02. The molecule has 0 atom stereocenters. The first kappa shape index (κ1) is 9.51. The molecule has 1 rings (SSSR count). The summed E-state index contributed by atoms with van der Waals surface area (Å²) in [5.41, 5.74) is 0. The van der Waals surface area contributed by atoms with E-state index in [1.807, 2.05) is 0 Å². The Hall–Kier alpha value is -0.580. The molecule has 1 aromatic rings. The fourth-order valence-electron chi connectivity index (χ4n) is 0.644. The normalized spacial score (nSPS) is 9.92. The van der Waals surface area contributed by atoms with Crippen molar-refractivity contribution in [1.82, 2.24) is 9.97 Å². The lowest BCUT2D eigenvalue weighted by Gasteiger charge is -2.04. The molecular weight excluding hydrogens is 201 g/mol. The molecule has 66 valence electrons. The van der Waals surface area contributed by atoms with Crippen LogP contribution in [0.4, 0.5) is 5.82 Å². The third-order valence-electron chi connectivity index (χ3n) is 1.12. The van der Waals surface area contributed by atoms with E-state index in [0.717, 1.165) is 0 Å². The summed E-state index contributed by atoms with van der Waals surface area (Å²) in [6.07, 6.45) is 1.40. The van der Waals surface area contributed by atoms with E-state index < -0.39 is 0 Å². The molecule has 0 aliphatic rings. The molecule has 0 spiro atoms. The van der Waals surface area contributed by atoms with Crippen LogP contribution < -0.4 is 5.32 Å². The van der Waals surface area contributed by atoms with E-state index in [-0.39, 0.29) is 11.9 Å². The number of hydrogen-bond donors (Lipinski definition) is 2. The number of halogens is 2. The highest BCUT2D eigenvalue weighted by molar-refractivity contribution is 6.33. The van der Waals surface area contributed by atoms with Gasteiger partial charge in [-0.2, -0.15) is 4.98 Å². The van der Waals surface area contributed by atoms with E-state index in [9.17, 15) is 0 Å². The highest BCUT2D eigenvalue weighted by Gasteiger charge is 2.01. The average Bonchev–Trinajstić information content (AvgIpc) is 2.07. The van der Waals surface area contributed by atoms with Gasteiger partial charge in [0.2, 0.25) is 5.28 Å². The topological polar surface area (TPSA) is 58.0 Å². The molecule has 4 nitrogen and oxygen atoms in total. The smallest absolute Gasteiger partial charge is 0.224 e. The van der Waals surface area contributed by atoms with Gasteiger partial charge in [-0.3, -0.25) is 0 Å². The summed E-state index contributed by atoms with van der Waals surface area (Å²) in [5, 5.41) is 11.8. The maximum atomic E-state index is 8.51. The van der Waals surface area contributed by atoms with Gasteiger partial charge < -0.3 is 10.4 Å². The molecule has 2 N–H and O–H groups in total. The Morgan fingerprint density at radius 3 is 2.92 bits per heavy atom. The van der Waals surface area contributed by atoms with Crippen molar-refractivity contribution in [2.24, 2.45) is 0 Å². The molecule has 0 saturated carbocycles. The number of rotatable bonds is 3. The predicted octanol–water partition coefficient (Wildman–Crippen LogP) is 1.19. The van der Waals surface area contributed by atoms with Gasteiger partial charge >= 0.3 is 0 Å². The molecule has 0 aliphatic heterocycles. The van der Waals surface area contributed by atoms with Crippen molar-refractivity contribution in [3.8, 4) is 0 Å². The van der Waals surface area contributed by atoms with Gasteiger partial charge in [-0.15, -0.1) is 0 Å². The van der Waals surface area contributed by atoms with Crippen LogP contribution in [0.25, 0.3) is 0 Å². The summed E-state index contributed by atoms with van der Waals surface area (Å²) in [5.74, 6) is 0.436. The molecule has 12 heavy (non-hydrogen) atoms. The van der Waals surface area contributed by atoms with Crippen LogP contribution >= 0.6 is 23.2 Å². The average molecular weight is 208 g/mol. The largest absolute Gasteiger partial charge is 0.395 e. The van der Waals surface area contributed by atoms with Crippen molar-refractivity contribution in [2.45, 2.75) is 0 Å². The van der Waals surface area contributed by atoms with Crippen molar-refractivity contribution in [3.05, 3.63) is 16.5 Å². The Labute approximate surface area is 79.6 Å². The van der Waals surface area contributed by atoms with Gasteiger partial charge in [0.25, 0.3) is 0 Å². The molecule has 0 radical (unpaired) electrons. The first-order valence-electron chi connectivity index (χ1n) is 3.27. The van der Waals surface area contributed by atoms with Crippen LogP contribution in [0.1, 0.15) is 0 Å². The van der Waals surface area contributed by atoms with E-state index in [4.69, 9.17) is 28.3 Å². The first-order chi connectivity index (χ1) is 5.74. The molecule has 1 aromatic heterocycles. The van der Waals surface area contributed by atoms with E-state index >= 15 is 0 Å². The maximum Gasteiger partial charge on any atom is 0.224 e. The SMILES string of the molecule is OCCNc1nc(Cl)ncc1Cl. The van der Waals surface area contributed by atoms with Crippen LogP contribution in [-0.4, -0.2) is 28.2 Å². The van der Waals surface area contributed by atoms with Crippen LogP contribution in [0.2, 0.25) is 10.3 Å². The number of nitrogens with zero attached hydrogens (tertiary/aromatic N) is 2. The van der Waals surface area contributed by atoms with E-state index in [2.05, 4.69) is 15.3 Å². The van der Waals surface area contributed by atoms with Gasteiger partial charge in [0, 0.05) is 6.54 Å². The minimum atomic E-state index is 0.0119. The summed E-state index contributed by atoms with van der Waals surface area (Å²) in [6.45, 7) is 0.394. The Morgan fingerprint density at radius 2 is 2.25 bits per heavy atom. The number of aromatic nitrogens is 2. The Morgan fingerprint density at radius 1 is 1.50 bits per heavy atom. The molecule has 0 saturated heterocycles. The quantitative estimate of drug-likeness (QED) is 0.732. The van der Waals surface area contributed by atoms with E-state index in [1.54, 1.807) is 0 Å². The molecule has 0 aromatic carbocycles. The van der Waals surface area contributed by atoms with Gasteiger partial charge in [-0.05, 0) is 11.6 Å². The van der Waals surface area contributed by atoms with Crippen molar-refractivity contribution < 1.29 is 5.11 Å². The zero-order valence-corrected chi connectivity index (χ0v) is 7.60. The Balaban J connectivity index is 2.75. The van der Waals surface area contributed by atoms with Gasteiger partial charge in [-0.25, -0.2) is 4.98 Å². The van der Waals surface area contributed by atoms with Crippen LogP contribution in [0.5, 0.6) is 0 Å². The van der Waals surface area contributed by atoms with Crippen molar-refractivity contribution in [2.75, 3.05) is 18.5 Å². The number of anilines is 1. The van der Waals surface area contributed by atoms with Gasteiger partial charge in [0.15, 0.2) is 0 Å². The fraction of sp³-hybridized carbons (Fsp3) is 0.333. The van der Waals surface area contributed by atoms with Crippen LogP contribution in [0.3, 0.4) is 0 Å². The lowest BCUT2D eigenvalue weighted by Crippen LogP contribution is -2.07. The zero-order chi connectivity index (χ0) is 8.97. The highest BCUT2D eigenvalue weighted by Crippen LogP contribution is 2.18. The number of nitrogens with one attached hydrogen (secondary N) is 1. The third-order valence-corrected chi connectivity index (χ3v) is 1.58. The molecule has 0 bridgehead atoms. The van der Waals surface area contributed by atoms with E-state index in [0.29, 0.717) is 17.4 Å². The summed E-state index contributed by atoms with van der Waals surface area (Å²) < 4.78 is 0. The van der Waals surface area contributed by atoms with Crippen LogP contribution in [0.15, 0.2) is 6.20 Å². The van der Waals surface area contributed by atoms with Crippen LogP contribution in [-0.2, 0) is 0 Å². The molecule has 0 unspecified atom stereocenters. The minimum absolute atomic E-state index is 0.0119. The number of aliphatic hydroxyl groups is 1. The molecule has 0 aliphatic carbocycles. The monoisotopic (exact) mass is 207 g/mol. The number of hydrogen-bond acceptors (Lipinski definition) is 4. The summed E-state index contributed by atoms with van der Waals surface area (Å²) in [6, 6.07) is 0. The predicted molar refractivity (Wildman–Crippen MR) is 47.6 cm³/mol. The molecule has 0 fully saturated rings. The van der Waals surface area contributed by atoms with Gasteiger partial charge in [-0.1, -0.05) is 11.6 Å². The minimum Gasteiger partial charge on any atom is -0.395 e. The second kappa shape index (κ2) is 4.45. The zero-order valence-electron chi connectivity index (χ0n) is 6.09. The maximum absolute atomic E-state index is 8.51. The van der Waals surface area contributed by atoms with Gasteiger partial charge in [0.05, 0.1) is 12.8 Å². The fourth-order valence-corrected chi connectivity index (χ4v) is 0.935. The standard InChI is InChI=1S/C6H7Cl2N3O/c7-4-3-10-6(8)11-5(4)9-1-2-12/h3,12H,1-2H2,(H,9,10,11). The van der Waals surface area contributed by atoms with Gasteiger partial charge in [0.1, 0.15) is 10.8 Å². The third kappa shape index (κ3) is 2.48. The molecule has 0 amide bonds. The molecular formula is C6H7Cl2N3O. The lowest BCUT2D eigenvalue weighted by molar-refractivity contribution is 0.311. The lowest BCUT2D eigenvalue weighted by atomic mass is 10.5. The Bertz CT molecular complexity index is 269. The van der Waals surface area contributed by atoms with Crippen LogP contribution in [0, 0.1) is 0 Å².